The number of hydrogen-bond acceptors (Lipinski definition) is 4. The molecule has 7 nitrogen and oxygen atoms in total. The molecule has 0 aliphatic heterocycles. The molecule has 2 aromatic rings. The van der Waals surface area contributed by atoms with Gasteiger partial charge in [-0.3, -0.25) is 9.67 Å². The van der Waals surface area contributed by atoms with Crippen LogP contribution < -0.4 is 10.6 Å². The normalized spacial score (nSPS) is 15.0. The Hall–Kier alpha value is -3.09. The Balaban J connectivity index is 2.51. The molecule has 2 aromatic heterocycles. The minimum atomic E-state index is -2.48. The van der Waals surface area contributed by atoms with Gasteiger partial charge in [0.15, 0.2) is 0 Å². The van der Waals surface area contributed by atoms with Crippen LogP contribution in [0.4, 0.5) is 10.5 Å². The van der Waals surface area contributed by atoms with Crippen LogP contribution in [0.5, 0.6) is 0 Å². The zero-order valence-electron chi connectivity index (χ0n) is 17.6. The van der Waals surface area contributed by atoms with Gasteiger partial charge in [0.2, 0.25) is 0 Å². The summed E-state index contributed by atoms with van der Waals surface area (Å²) in [5, 5.41) is 18.7. The highest BCUT2D eigenvalue weighted by atomic mass is 16.4. The number of rotatable bonds is 9. The van der Waals surface area contributed by atoms with E-state index in [1.165, 1.54) is 12.4 Å². The van der Waals surface area contributed by atoms with E-state index in [0.717, 1.165) is 4.68 Å². The molecule has 0 aliphatic rings. The van der Waals surface area contributed by atoms with Crippen molar-refractivity contribution in [3.05, 3.63) is 55.5 Å². The molecule has 0 spiro atoms. The van der Waals surface area contributed by atoms with Crippen molar-refractivity contribution in [1.82, 2.24) is 20.1 Å². The molecule has 2 heterocycles. The largest absolute Gasteiger partial charge is 0.465 e. The molecule has 2 atom stereocenters. The van der Waals surface area contributed by atoms with Crippen LogP contribution in [0.15, 0.2) is 49.8 Å². The van der Waals surface area contributed by atoms with E-state index in [-0.39, 0.29) is 5.92 Å². The first-order chi connectivity index (χ1) is 13.7. The molecule has 1 amide bonds. The van der Waals surface area contributed by atoms with Crippen LogP contribution >= 0.6 is 0 Å². The zero-order chi connectivity index (χ0) is 21.6. The van der Waals surface area contributed by atoms with Crippen LogP contribution in [0.1, 0.15) is 29.2 Å². The standard InChI is InChI=1S/C19H25N5O2/c1-5-7-15(23-19(25)26)16-10-14(8-9-20-16)18-17(12-22-24(18)4)21-11-13(3)6-2/h5-6,8-10,12-13,15,21,23H,1-2,7,11H2,3-4H3,(H,25,26)/t13-,15+/m1/s1/i4D3. The number of aromatic nitrogens is 3. The van der Waals surface area contributed by atoms with E-state index >= 15 is 0 Å². The second kappa shape index (κ2) is 8.84. The fourth-order valence-electron chi connectivity index (χ4n) is 2.47. The molecule has 7 heteroatoms. The van der Waals surface area contributed by atoms with Crippen molar-refractivity contribution in [2.45, 2.75) is 19.4 Å². The molecule has 0 bridgehead atoms. The van der Waals surface area contributed by atoms with Gasteiger partial charge in [-0.1, -0.05) is 19.1 Å². The predicted octanol–water partition coefficient (Wildman–Crippen LogP) is 3.60. The van der Waals surface area contributed by atoms with Gasteiger partial charge < -0.3 is 15.7 Å². The minimum absolute atomic E-state index is 0.170. The first-order valence-electron chi connectivity index (χ1n) is 9.69. The van der Waals surface area contributed by atoms with Crippen molar-refractivity contribution < 1.29 is 14.0 Å². The fraction of sp³-hybridized carbons (Fsp3) is 0.316. The summed E-state index contributed by atoms with van der Waals surface area (Å²) in [5.74, 6) is 0.170. The monoisotopic (exact) mass is 358 g/mol. The van der Waals surface area contributed by atoms with Crippen LogP contribution in [0.3, 0.4) is 0 Å². The number of amides is 1. The SMILES string of the molecule is [2H]C([2H])([2H])n1ncc(NC[C@H](C)C=C)c1-c1ccnc([C@H](CC=C)NC(=O)O)c1. The highest BCUT2D eigenvalue weighted by Crippen LogP contribution is 2.29. The van der Waals surface area contributed by atoms with E-state index in [2.05, 4.69) is 33.9 Å². The number of carboxylic acid groups (broad SMARTS) is 1. The van der Waals surface area contributed by atoms with Gasteiger partial charge in [-0.05, 0) is 24.5 Å². The third-order valence-electron chi connectivity index (χ3n) is 3.90. The molecule has 138 valence electrons. The summed E-state index contributed by atoms with van der Waals surface area (Å²) >= 11 is 0. The van der Waals surface area contributed by atoms with Gasteiger partial charge in [0.1, 0.15) is 0 Å². The lowest BCUT2D eigenvalue weighted by atomic mass is 10.1. The smallest absolute Gasteiger partial charge is 0.405 e. The Morgan fingerprint density at radius 1 is 1.54 bits per heavy atom. The van der Waals surface area contributed by atoms with Gasteiger partial charge in [0, 0.05) is 29.4 Å². The lowest BCUT2D eigenvalue weighted by molar-refractivity contribution is 0.189. The molecule has 0 unspecified atom stereocenters. The molecule has 2 rings (SSSR count). The number of carbonyl (C=O) groups is 1. The maximum atomic E-state index is 11.1. The fourth-order valence-corrected chi connectivity index (χ4v) is 2.47. The first kappa shape index (κ1) is 15.2. The van der Waals surface area contributed by atoms with Crippen molar-refractivity contribution in [3.63, 3.8) is 0 Å². The molecule has 26 heavy (non-hydrogen) atoms. The maximum absolute atomic E-state index is 11.1. The van der Waals surface area contributed by atoms with Crippen molar-refractivity contribution >= 4 is 11.8 Å². The van der Waals surface area contributed by atoms with Crippen molar-refractivity contribution in [3.8, 4) is 11.3 Å². The minimum Gasteiger partial charge on any atom is -0.465 e. The molecule has 0 saturated heterocycles. The van der Waals surface area contributed by atoms with Crippen LogP contribution in [0, 0.1) is 5.92 Å². The molecule has 0 fully saturated rings. The maximum Gasteiger partial charge on any atom is 0.405 e. The Morgan fingerprint density at radius 2 is 2.35 bits per heavy atom. The summed E-state index contributed by atoms with van der Waals surface area (Å²) in [7, 11) is 0. The van der Waals surface area contributed by atoms with E-state index < -0.39 is 19.1 Å². The number of pyridine rings is 1. The summed E-state index contributed by atoms with van der Waals surface area (Å²) in [4.78, 5) is 15.4. The third kappa shape index (κ3) is 4.72. The third-order valence-corrected chi connectivity index (χ3v) is 3.90. The quantitative estimate of drug-likeness (QED) is 0.596. The Morgan fingerprint density at radius 3 is 3.00 bits per heavy atom. The number of nitrogens with one attached hydrogen (secondary N) is 2. The van der Waals surface area contributed by atoms with Gasteiger partial charge in [-0.15, -0.1) is 13.2 Å². The zero-order valence-corrected chi connectivity index (χ0v) is 14.6. The second-order valence-corrected chi connectivity index (χ2v) is 5.91. The average molecular weight is 358 g/mol. The topological polar surface area (TPSA) is 92.1 Å². The van der Waals surface area contributed by atoms with Gasteiger partial charge in [0.05, 0.1) is 29.3 Å². The number of anilines is 1. The Labute approximate surface area is 157 Å². The molecule has 0 saturated carbocycles. The van der Waals surface area contributed by atoms with E-state index in [0.29, 0.717) is 35.6 Å². The molecular weight excluding hydrogens is 330 g/mol. The van der Waals surface area contributed by atoms with E-state index in [1.807, 2.05) is 6.92 Å². The van der Waals surface area contributed by atoms with E-state index in [9.17, 15) is 4.79 Å². The second-order valence-electron chi connectivity index (χ2n) is 5.91. The van der Waals surface area contributed by atoms with Gasteiger partial charge in [-0.25, -0.2) is 4.79 Å². The summed E-state index contributed by atoms with van der Waals surface area (Å²) in [6.45, 7) is 7.45. The van der Waals surface area contributed by atoms with Crippen molar-refractivity contribution in [2.24, 2.45) is 12.9 Å². The molecule has 0 aromatic carbocycles. The number of aryl methyl sites for hydroxylation is 1. The van der Waals surface area contributed by atoms with Gasteiger partial charge in [0.25, 0.3) is 0 Å². The Bertz CT molecular complexity index is 879. The lowest BCUT2D eigenvalue weighted by Crippen LogP contribution is -2.27. The van der Waals surface area contributed by atoms with Crippen LogP contribution in [0.25, 0.3) is 11.3 Å². The average Bonchev–Trinajstić information content (AvgIpc) is 3.10. The Kier molecular flexibility index (Phi) is 5.17. The molecular formula is C19H25N5O2. The van der Waals surface area contributed by atoms with Crippen LogP contribution in [0.2, 0.25) is 0 Å². The summed E-state index contributed by atoms with van der Waals surface area (Å²) in [5.41, 5.74) is 1.93. The molecule has 0 aliphatic carbocycles. The van der Waals surface area contributed by atoms with Crippen LogP contribution in [-0.4, -0.2) is 32.5 Å². The summed E-state index contributed by atoms with van der Waals surface area (Å²) in [6, 6.07) is 2.72. The highest BCUT2D eigenvalue weighted by Gasteiger charge is 2.17. The van der Waals surface area contributed by atoms with Crippen molar-refractivity contribution in [1.29, 1.82) is 0 Å². The molecule has 0 radical (unpaired) electrons. The molecule has 3 N–H and O–H groups in total. The van der Waals surface area contributed by atoms with Gasteiger partial charge >= 0.3 is 6.09 Å². The lowest BCUT2D eigenvalue weighted by Gasteiger charge is -2.16. The summed E-state index contributed by atoms with van der Waals surface area (Å²) in [6.07, 6.45) is 5.51. The van der Waals surface area contributed by atoms with Gasteiger partial charge in [-0.2, -0.15) is 5.10 Å². The summed E-state index contributed by atoms with van der Waals surface area (Å²) < 4.78 is 24.4. The first-order valence-corrected chi connectivity index (χ1v) is 8.19. The highest BCUT2D eigenvalue weighted by molar-refractivity contribution is 5.74. The van der Waals surface area contributed by atoms with Crippen LogP contribution in [-0.2, 0) is 6.98 Å². The number of hydrogen-bond donors (Lipinski definition) is 3. The van der Waals surface area contributed by atoms with E-state index in [1.54, 1.807) is 24.3 Å². The van der Waals surface area contributed by atoms with Crippen molar-refractivity contribution in [2.75, 3.05) is 11.9 Å². The number of nitrogens with zero attached hydrogens (tertiary/aromatic N) is 3. The van der Waals surface area contributed by atoms with E-state index in [4.69, 9.17) is 9.22 Å². The predicted molar refractivity (Wildman–Crippen MR) is 103 cm³/mol.